The molecular weight excluding hydrogens is 334 g/mol. The van der Waals surface area contributed by atoms with Crippen LogP contribution in [0.3, 0.4) is 0 Å². The van der Waals surface area contributed by atoms with E-state index >= 15 is 0 Å². The van der Waals surface area contributed by atoms with Crippen LogP contribution in [0.15, 0.2) is 30.3 Å². The van der Waals surface area contributed by atoms with E-state index in [1.165, 1.54) is 0 Å². The van der Waals surface area contributed by atoms with Crippen molar-refractivity contribution in [3.05, 3.63) is 47.3 Å². The maximum Gasteiger partial charge on any atom is 0.224 e. The van der Waals surface area contributed by atoms with Crippen LogP contribution in [0.2, 0.25) is 0 Å². The lowest BCUT2D eigenvalue weighted by molar-refractivity contribution is -0.121. The van der Waals surface area contributed by atoms with Crippen molar-refractivity contribution in [3.8, 4) is 5.69 Å². The molecular formula is C19H23N3O4. The summed E-state index contributed by atoms with van der Waals surface area (Å²) in [5.74, 6) is -0.0944. The summed E-state index contributed by atoms with van der Waals surface area (Å²) in [5, 5.41) is 17.4. The molecule has 2 aliphatic rings. The lowest BCUT2D eigenvalue weighted by Crippen LogP contribution is -2.44. The molecule has 2 fully saturated rings. The number of aryl methyl sites for hydroxylation is 1. The van der Waals surface area contributed by atoms with Crippen LogP contribution in [-0.2, 0) is 20.7 Å². The van der Waals surface area contributed by atoms with Gasteiger partial charge in [0.15, 0.2) is 0 Å². The van der Waals surface area contributed by atoms with Gasteiger partial charge in [-0.25, -0.2) is 4.68 Å². The molecule has 0 spiro atoms. The summed E-state index contributed by atoms with van der Waals surface area (Å²) in [7, 11) is 0. The number of para-hydroxylation sites is 1. The van der Waals surface area contributed by atoms with E-state index in [1.54, 1.807) is 0 Å². The first-order chi connectivity index (χ1) is 12.5. The number of hydrogen-bond donors (Lipinski definition) is 2. The summed E-state index contributed by atoms with van der Waals surface area (Å²) in [6.45, 7) is 4.50. The van der Waals surface area contributed by atoms with Crippen molar-refractivity contribution in [1.29, 1.82) is 0 Å². The Bertz CT molecular complexity index is 805. The van der Waals surface area contributed by atoms with Crippen LogP contribution < -0.4 is 5.32 Å². The molecule has 138 valence electrons. The average Bonchev–Trinajstić information content (AvgIpc) is 3.28. The number of nitrogens with one attached hydrogen (secondary N) is 1. The van der Waals surface area contributed by atoms with Crippen molar-refractivity contribution >= 4 is 5.91 Å². The fraction of sp³-hybridized carbons (Fsp3) is 0.474. The van der Waals surface area contributed by atoms with E-state index in [-0.39, 0.29) is 37.2 Å². The van der Waals surface area contributed by atoms with Crippen molar-refractivity contribution in [3.63, 3.8) is 0 Å². The molecule has 26 heavy (non-hydrogen) atoms. The Labute approximate surface area is 151 Å². The number of aliphatic hydroxyl groups excluding tert-OH is 1. The molecule has 2 N–H and O–H groups in total. The number of rotatable bonds is 4. The predicted molar refractivity (Wildman–Crippen MR) is 94.2 cm³/mol. The highest BCUT2D eigenvalue weighted by molar-refractivity contribution is 5.79. The van der Waals surface area contributed by atoms with Gasteiger partial charge >= 0.3 is 0 Å². The molecule has 0 unspecified atom stereocenters. The molecule has 7 nitrogen and oxygen atoms in total. The highest BCUT2D eigenvalue weighted by Crippen LogP contribution is 2.27. The fourth-order valence-electron chi connectivity index (χ4n) is 3.77. The minimum atomic E-state index is -0.615. The van der Waals surface area contributed by atoms with E-state index < -0.39 is 6.10 Å². The molecule has 7 heteroatoms. The predicted octanol–water partition coefficient (Wildman–Crippen LogP) is 0.675. The van der Waals surface area contributed by atoms with E-state index in [0.29, 0.717) is 6.61 Å². The standard InChI is InChI=1S/C19H23N3O4/c1-11-14(12(2)22(21-11)13-6-4-3-5-7-13)8-17(24)20-15-9-25-19-16(23)10-26-18(15)19/h3-7,15-16,18-19,23H,8-10H2,1-2H3,(H,20,24)/t15-,16-,18-,19-/m1/s1. The average molecular weight is 357 g/mol. The number of carbonyl (C=O) groups excluding carboxylic acids is 1. The van der Waals surface area contributed by atoms with E-state index in [0.717, 1.165) is 22.6 Å². The number of ether oxygens (including phenoxy) is 2. The van der Waals surface area contributed by atoms with Crippen LogP contribution in [0.25, 0.3) is 5.69 Å². The Kier molecular flexibility index (Phi) is 4.52. The topological polar surface area (TPSA) is 85.6 Å². The van der Waals surface area contributed by atoms with Crippen LogP contribution >= 0.6 is 0 Å². The quantitative estimate of drug-likeness (QED) is 0.840. The second-order valence-corrected chi connectivity index (χ2v) is 6.91. The van der Waals surface area contributed by atoms with Gasteiger partial charge in [-0.15, -0.1) is 0 Å². The minimum Gasteiger partial charge on any atom is -0.388 e. The van der Waals surface area contributed by atoms with Gasteiger partial charge in [0.05, 0.1) is 37.1 Å². The number of carbonyl (C=O) groups is 1. The summed E-state index contributed by atoms with van der Waals surface area (Å²) in [6.07, 6.45) is -0.982. The summed E-state index contributed by atoms with van der Waals surface area (Å²) in [5.41, 5.74) is 3.70. The second-order valence-electron chi connectivity index (χ2n) is 6.91. The lowest BCUT2D eigenvalue weighted by atomic mass is 10.1. The number of aliphatic hydroxyl groups is 1. The van der Waals surface area contributed by atoms with Crippen molar-refractivity contribution in [2.45, 2.75) is 44.6 Å². The van der Waals surface area contributed by atoms with Crippen LogP contribution in [-0.4, -0.2) is 58.4 Å². The molecule has 2 saturated heterocycles. The minimum absolute atomic E-state index is 0.0944. The molecule has 4 atom stereocenters. The first-order valence-electron chi connectivity index (χ1n) is 8.85. The molecule has 4 rings (SSSR count). The third-order valence-corrected chi connectivity index (χ3v) is 5.15. The number of amides is 1. The largest absolute Gasteiger partial charge is 0.388 e. The third kappa shape index (κ3) is 3.02. The maximum absolute atomic E-state index is 12.6. The normalized spacial score (nSPS) is 27.5. The Hall–Kier alpha value is -2.22. The van der Waals surface area contributed by atoms with Gasteiger partial charge in [0, 0.05) is 11.3 Å². The zero-order valence-electron chi connectivity index (χ0n) is 14.9. The molecule has 0 aliphatic carbocycles. The zero-order valence-corrected chi connectivity index (χ0v) is 14.9. The highest BCUT2D eigenvalue weighted by atomic mass is 16.6. The fourth-order valence-corrected chi connectivity index (χ4v) is 3.77. The Morgan fingerprint density at radius 1 is 1.23 bits per heavy atom. The van der Waals surface area contributed by atoms with E-state index in [2.05, 4.69) is 10.4 Å². The molecule has 2 aromatic rings. The van der Waals surface area contributed by atoms with Gasteiger partial charge in [0.2, 0.25) is 5.91 Å². The first kappa shape index (κ1) is 17.2. The van der Waals surface area contributed by atoms with Crippen LogP contribution in [0, 0.1) is 13.8 Å². The van der Waals surface area contributed by atoms with Crippen molar-refractivity contribution in [1.82, 2.24) is 15.1 Å². The van der Waals surface area contributed by atoms with Crippen LogP contribution in [0.1, 0.15) is 17.0 Å². The van der Waals surface area contributed by atoms with Gasteiger partial charge in [-0.2, -0.15) is 5.10 Å². The lowest BCUT2D eigenvalue weighted by Gasteiger charge is -2.17. The van der Waals surface area contributed by atoms with Crippen molar-refractivity contribution < 1.29 is 19.4 Å². The molecule has 0 radical (unpaired) electrons. The molecule has 1 aromatic heterocycles. The van der Waals surface area contributed by atoms with Crippen LogP contribution in [0.4, 0.5) is 0 Å². The smallest absolute Gasteiger partial charge is 0.224 e. The van der Waals surface area contributed by atoms with Gasteiger partial charge in [0.1, 0.15) is 18.3 Å². The second kappa shape index (κ2) is 6.83. The number of benzene rings is 1. The molecule has 2 aliphatic heterocycles. The SMILES string of the molecule is Cc1nn(-c2ccccc2)c(C)c1CC(=O)N[C@@H]1CO[C@H]2[C@@H]1OC[C@H]2O. The van der Waals surface area contributed by atoms with Gasteiger partial charge in [-0.3, -0.25) is 4.79 Å². The van der Waals surface area contributed by atoms with Crippen LogP contribution in [0.5, 0.6) is 0 Å². The van der Waals surface area contributed by atoms with Crippen molar-refractivity contribution in [2.75, 3.05) is 13.2 Å². The van der Waals surface area contributed by atoms with Gasteiger partial charge < -0.3 is 19.9 Å². The summed E-state index contributed by atoms with van der Waals surface area (Å²) >= 11 is 0. The van der Waals surface area contributed by atoms with Gasteiger partial charge in [0.25, 0.3) is 0 Å². The number of nitrogens with zero attached hydrogens (tertiary/aromatic N) is 2. The zero-order chi connectivity index (χ0) is 18.3. The van der Waals surface area contributed by atoms with E-state index in [4.69, 9.17) is 9.47 Å². The number of hydrogen-bond acceptors (Lipinski definition) is 5. The molecule has 3 heterocycles. The summed E-state index contributed by atoms with van der Waals surface area (Å²) in [4.78, 5) is 12.6. The maximum atomic E-state index is 12.6. The molecule has 0 bridgehead atoms. The van der Waals surface area contributed by atoms with Crippen molar-refractivity contribution in [2.24, 2.45) is 0 Å². The molecule has 1 amide bonds. The van der Waals surface area contributed by atoms with E-state index in [1.807, 2.05) is 48.9 Å². The first-order valence-corrected chi connectivity index (χ1v) is 8.85. The van der Waals surface area contributed by atoms with Gasteiger partial charge in [-0.1, -0.05) is 18.2 Å². The summed E-state index contributed by atoms with van der Waals surface area (Å²) in [6, 6.07) is 9.64. The molecule has 1 aromatic carbocycles. The highest BCUT2D eigenvalue weighted by Gasteiger charge is 2.47. The molecule has 0 saturated carbocycles. The summed E-state index contributed by atoms with van der Waals surface area (Å²) < 4.78 is 13.0. The monoisotopic (exact) mass is 357 g/mol. The van der Waals surface area contributed by atoms with Gasteiger partial charge in [-0.05, 0) is 26.0 Å². The number of aromatic nitrogens is 2. The third-order valence-electron chi connectivity index (χ3n) is 5.15. The number of fused-ring (bicyclic) bond motifs is 1. The Morgan fingerprint density at radius 3 is 2.73 bits per heavy atom. The van der Waals surface area contributed by atoms with E-state index in [9.17, 15) is 9.90 Å². The Balaban J connectivity index is 1.46. The Morgan fingerprint density at radius 2 is 1.96 bits per heavy atom.